The zero-order chi connectivity index (χ0) is 32.4. The lowest BCUT2D eigenvalue weighted by atomic mass is 10.1. The van der Waals surface area contributed by atoms with Crippen molar-refractivity contribution in [3.8, 4) is 11.6 Å². The van der Waals surface area contributed by atoms with Crippen LogP contribution >= 0.6 is 0 Å². The number of alkyl halides is 3. The molecule has 46 heavy (non-hydrogen) atoms. The first-order chi connectivity index (χ1) is 22.1. The summed E-state index contributed by atoms with van der Waals surface area (Å²) in [7, 11) is 0. The van der Waals surface area contributed by atoms with Crippen LogP contribution in [0.1, 0.15) is 40.7 Å². The summed E-state index contributed by atoms with van der Waals surface area (Å²) in [5, 5.41) is 16.1. The number of benzene rings is 2. The van der Waals surface area contributed by atoms with Gasteiger partial charge in [-0.25, -0.2) is 14.2 Å². The maximum absolute atomic E-state index is 14.2. The van der Waals surface area contributed by atoms with Gasteiger partial charge in [0.2, 0.25) is 5.88 Å². The van der Waals surface area contributed by atoms with E-state index < -0.39 is 23.5 Å². The van der Waals surface area contributed by atoms with Gasteiger partial charge in [-0.2, -0.15) is 23.3 Å². The summed E-state index contributed by atoms with van der Waals surface area (Å²) in [5.41, 5.74) is 0.222. The Bertz CT molecular complexity index is 1770. The van der Waals surface area contributed by atoms with Gasteiger partial charge in [0.05, 0.1) is 49.0 Å². The van der Waals surface area contributed by atoms with Crippen LogP contribution in [0.25, 0.3) is 11.0 Å². The summed E-state index contributed by atoms with van der Waals surface area (Å²) < 4.78 is 71.8. The third-order valence-corrected chi connectivity index (χ3v) is 7.66. The molecule has 2 aliphatic rings. The van der Waals surface area contributed by atoms with Gasteiger partial charge < -0.3 is 28.8 Å². The van der Waals surface area contributed by atoms with Gasteiger partial charge in [0, 0.05) is 24.8 Å². The number of aromatic nitrogens is 3. The van der Waals surface area contributed by atoms with E-state index in [1.807, 2.05) is 16.5 Å². The molecule has 0 amide bonds. The molecule has 0 spiro atoms. The molecule has 2 aromatic heterocycles. The van der Waals surface area contributed by atoms with Gasteiger partial charge in [0.25, 0.3) is 0 Å². The molecule has 2 aromatic carbocycles. The Morgan fingerprint density at radius 3 is 2.59 bits per heavy atom. The number of aromatic carboxylic acids is 1. The number of hydrogen-bond donors (Lipinski definition) is 1. The van der Waals surface area contributed by atoms with Crippen LogP contribution in [0.5, 0.6) is 11.6 Å². The summed E-state index contributed by atoms with van der Waals surface area (Å²) in [6.07, 6.45) is -2.14. The maximum atomic E-state index is 14.2. The molecule has 0 aliphatic carbocycles. The van der Waals surface area contributed by atoms with Crippen molar-refractivity contribution in [3.05, 3.63) is 76.9 Å². The van der Waals surface area contributed by atoms with E-state index in [1.165, 1.54) is 6.07 Å². The highest BCUT2D eigenvalue weighted by Crippen LogP contribution is 2.32. The molecule has 2 aliphatic heterocycles. The van der Waals surface area contributed by atoms with Crippen LogP contribution in [0, 0.1) is 5.82 Å². The lowest BCUT2D eigenvalue weighted by Gasteiger charge is -2.30. The lowest BCUT2D eigenvalue weighted by molar-refractivity contribution is -0.137. The first-order valence-electron chi connectivity index (χ1n) is 14.6. The van der Waals surface area contributed by atoms with Crippen molar-refractivity contribution >= 4 is 29.2 Å². The van der Waals surface area contributed by atoms with Gasteiger partial charge >= 0.3 is 12.1 Å². The van der Waals surface area contributed by atoms with Gasteiger partial charge in [0.15, 0.2) is 0 Å². The highest BCUT2D eigenvalue weighted by atomic mass is 19.4. The number of anilines is 1. The monoisotopic (exact) mass is 642 g/mol. The first-order valence-corrected chi connectivity index (χ1v) is 14.6. The number of carboxylic acids is 1. The molecular formula is C31H30F4N6O5. The Labute approximate surface area is 260 Å². The van der Waals surface area contributed by atoms with E-state index in [2.05, 4.69) is 10.1 Å². The quantitative estimate of drug-likeness (QED) is 0.217. The van der Waals surface area contributed by atoms with Crippen LogP contribution in [0.2, 0.25) is 0 Å². The predicted molar refractivity (Wildman–Crippen MR) is 158 cm³/mol. The fraction of sp³-hybridized carbons (Fsp3) is 0.355. The summed E-state index contributed by atoms with van der Waals surface area (Å²) in [6, 6.07) is 10.4. The lowest BCUT2D eigenvalue weighted by Crippen LogP contribution is -2.38. The van der Waals surface area contributed by atoms with Crippen LogP contribution < -0.4 is 14.4 Å². The number of nitrogens with zero attached hydrogens (tertiary/aromatic N) is 6. The molecule has 1 saturated heterocycles. The van der Waals surface area contributed by atoms with Crippen molar-refractivity contribution < 1.29 is 41.7 Å². The molecule has 1 fully saturated rings. The Morgan fingerprint density at radius 1 is 1.11 bits per heavy atom. The second-order valence-corrected chi connectivity index (χ2v) is 10.7. The van der Waals surface area contributed by atoms with Gasteiger partial charge in [-0.3, -0.25) is 5.01 Å². The van der Waals surface area contributed by atoms with E-state index in [-0.39, 0.29) is 29.7 Å². The summed E-state index contributed by atoms with van der Waals surface area (Å²) in [6.45, 7) is 4.42. The third kappa shape index (κ3) is 6.68. The summed E-state index contributed by atoms with van der Waals surface area (Å²) in [4.78, 5) is 22.9. The van der Waals surface area contributed by atoms with Gasteiger partial charge in [-0.05, 0) is 43.7 Å². The van der Waals surface area contributed by atoms with Crippen molar-refractivity contribution in [1.29, 1.82) is 0 Å². The molecule has 0 saturated carbocycles. The average molecular weight is 643 g/mol. The fourth-order valence-electron chi connectivity index (χ4n) is 5.15. The second-order valence-electron chi connectivity index (χ2n) is 10.7. The second kappa shape index (κ2) is 12.8. The first kappa shape index (κ1) is 31.1. The number of hydrazone groups is 1. The molecule has 1 atom stereocenters. The predicted octanol–water partition coefficient (Wildman–Crippen LogP) is 5.32. The molecule has 11 nitrogen and oxygen atoms in total. The summed E-state index contributed by atoms with van der Waals surface area (Å²) >= 11 is 0. The number of hydrogen-bond acceptors (Lipinski definition) is 9. The SMILES string of the molecule is CCOc1cc(C(=O)O)cc2c1nc(CN1CCN(c3cccc(OCc4ccc(C(F)(F)F)cc4F)n3)C=N1)n2C[C@@H]1CCO1. The Morgan fingerprint density at radius 2 is 1.93 bits per heavy atom. The molecule has 15 heteroatoms. The Kier molecular flexibility index (Phi) is 8.67. The van der Waals surface area contributed by atoms with E-state index in [0.717, 1.165) is 18.6 Å². The van der Waals surface area contributed by atoms with Crippen LogP contribution in [-0.4, -0.2) is 69.4 Å². The molecular weight excluding hydrogens is 612 g/mol. The number of pyridine rings is 1. The van der Waals surface area contributed by atoms with Crippen LogP contribution in [0.15, 0.2) is 53.6 Å². The fourth-order valence-corrected chi connectivity index (χ4v) is 5.15. The smallest absolute Gasteiger partial charge is 0.416 e. The molecule has 0 bridgehead atoms. The van der Waals surface area contributed by atoms with E-state index in [1.54, 1.807) is 35.5 Å². The standard InChI is InChI=1S/C31H30F4N6O5/c1-2-44-25-13-20(30(42)43)12-24-29(25)38-27(41(24)15-22-8-11-45-22)16-40-10-9-39(18-36-40)26-4-3-5-28(37-26)46-17-19-6-7-21(14-23(19)32)31(33,34)35/h3-7,12-14,18,22H,2,8-11,15-17H2,1H3,(H,42,43)/t22-/m0/s1. The van der Waals surface area contributed by atoms with Crippen LogP contribution in [0.4, 0.5) is 23.4 Å². The molecule has 4 heterocycles. The third-order valence-electron chi connectivity index (χ3n) is 7.66. The highest BCUT2D eigenvalue weighted by molar-refractivity contribution is 5.95. The van der Waals surface area contributed by atoms with Gasteiger partial charge in [-0.1, -0.05) is 12.1 Å². The topological polar surface area (TPSA) is 115 Å². The number of imidazole rings is 1. The number of ether oxygens (including phenoxy) is 3. The van der Waals surface area contributed by atoms with E-state index >= 15 is 0 Å². The van der Waals surface area contributed by atoms with Crippen molar-refractivity contribution in [1.82, 2.24) is 19.5 Å². The van der Waals surface area contributed by atoms with E-state index in [4.69, 9.17) is 19.2 Å². The van der Waals surface area contributed by atoms with Crippen molar-refractivity contribution in [3.63, 3.8) is 0 Å². The number of rotatable bonds is 11. The largest absolute Gasteiger partial charge is 0.492 e. The Hall–Kier alpha value is -4.92. The molecule has 6 rings (SSSR count). The molecule has 0 unspecified atom stereocenters. The van der Waals surface area contributed by atoms with Gasteiger partial charge in [0.1, 0.15) is 41.7 Å². The molecule has 1 N–H and O–H groups in total. The van der Waals surface area contributed by atoms with Crippen molar-refractivity contribution in [2.24, 2.45) is 5.10 Å². The number of carbonyl (C=O) groups is 1. The molecule has 242 valence electrons. The van der Waals surface area contributed by atoms with E-state index in [9.17, 15) is 27.5 Å². The van der Waals surface area contributed by atoms with Crippen LogP contribution in [-0.2, 0) is 30.6 Å². The average Bonchev–Trinajstić information content (AvgIpc) is 3.35. The minimum atomic E-state index is -4.64. The van der Waals surface area contributed by atoms with Crippen molar-refractivity contribution in [2.75, 3.05) is 31.2 Å². The zero-order valence-corrected chi connectivity index (χ0v) is 24.7. The number of carboxylic acid groups (broad SMARTS) is 1. The van der Waals surface area contributed by atoms with E-state index in [0.29, 0.717) is 73.9 Å². The van der Waals surface area contributed by atoms with Gasteiger partial charge in [-0.15, -0.1) is 0 Å². The Balaban J connectivity index is 1.16. The molecule has 4 aromatic rings. The normalized spacial score (nSPS) is 16.5. The number of fused-ring (bicyclic) bond motifs is 1. The zero-order valence-electron chi connectivity index (χ0n) is 24.7. The van der Waals surface area contributed by atoms with Crippen molar-refractivity contribution in [2.45, 2.75) is 45.3 Å². The summed E-state index contributed by atoms with van der Waals surface area (Å²) in [5.74, 6) is -0.304. The molecule has 0 radical (unpaired) electrons. The highest BCUT2D eigenvalue weighted by Gasteiger charge is 2.31. The maximum Gasteiger partial charge on any atom is 0.416 e. The minimum absolute atomic E-state index is 0.00293. The number of halogens is 4. The minimum Gasteiger partial charge on any atom is -0.492 e. The van der Waals surface area contributed by atoms with Crippen LogP contribution in [0.3, 0.4) is 0 Å².